The van der Waals surface area contributed by atoms with Crippen LogP contribution in [0.2, 0.25) is 5.02 Å². The predicted molar refractivity (Wildman–Crippen MR) is 49.1 cm³/mol. The second kappa shape index (κ2) is 3.96. The normalized spacial score (nSPS) is 13.0. The third kappa shape index (κ3) is 2.37. The number of benzene rings is 1. The highest BCUT2D eigenvalue weighted by molar-refractivity contribution is 6.30. The van der Waals surface area contributed by atoms with Gasteiger partial charge in [-0.15, -0.1) is 11.6 Å². The summed E-state index contributed by atoms with van der Waals surface area (Å²) in [5, 5.41) is 0.565. The highest BCUT2D eigenvalue weighted by atomic mass is 35.5. The molecule has 11 heavy (non-hydrogen) atoms. The van der Waals surface area contributed by atoms with Crippen molar-refractivity contribution in [3.05, 3.63) is 34.9 Å². The molecule has 0 aliphatic heterocycles. The summed E-state index contributed by atoms with van der Waals surface area (Å²) in [6.07, 6.45) is 0. The summed E-state index contributed by atoms with van der Waals surface area (Å²) in [4.78, 5) is 0. The molecule has 0 radical (unpaired) electrons. The molecule has 0 bridgehead atoms. The van der Waals surface area contributed by atoms with Gasteiger partial charge in [-0.2, -0.15) is 0 Å². The summed E-state index contributed by atoms with van der Waals surface area (Å²) >= 11 is 11.6. The topological polar surface area (TPSA) is 26.0 Å². The molecular weight excluding hydrogens is 181 g/mol. The fraction of sp³-hybridized carbons (Fsp3) is 0.250. The maximum absolute atomic E-state index is 5.88. The van der Waals surface area contributed by atoms with Crippen molar-refractivity contribution in [1.29, 1.82) is 0 Å². The smallest absolute Gasteiger partial charge is 0.0708 e. The zero-order valence-electron chi connectivity index (χ0n) is 5.93. The van der Waals surface area contributed by atoms with E-state index in [0.29, 0.717) is 11.6 Å². The Labute approximate surface area is 76.1 Å². The first-order chi connectivity index (χ1) is 5.24. The van der Waals surface area contributed by atoms with Gasteiger partial charge in [-0.25, -0.2) is 0 Å². The highest BCUT2D eigenvalue weighted by Gasteiger charge is 2.04. The molecule has 0 unspecified atom stereocenters. The molecule has 3 heteroatoms. The second-order valence-corrected chi connectivity index (χ2v) is 3.22. The van der Waals surface area contributed by atoms with Crippen LogP contribution < -0.4 is 5.73 Å². The van der Waals surface area contributed by atoms with Gasteiger partial charge in [-0.1, -0.05) is 23.7 Å². The van der Waals surface area contributed by atoms with Gasteiger partial charge in [0.2, 0.25) is 0 Å². The van der Waals surface area contributed by atoms with Crippen molar-refractivity contribution in [2.24, 2.45) is 5.73 Å². The molecule has 0 aliphatic rings. The van der Waals surface area contributed by atoms with E-state index in [1.807, 2.05) is 24.3 Å². The van der Waals surface area contributed by atoms with Gasteiger partial charge in [0.05, 0.1) is 5.38 Å². The van der Waals surface area contributed by atoms with Crippen LogP contribution in [0.25, 0.3) is 0 Å². The molecule has 1 aromatic carbocycles. The summed E-state index contributed by atoms with van der Waals surface area (Å²) < 4.78 is 0. The predicted octanol–water partition coefficient (Wildman–Crippen LogP) is 2.58. The zero-order chi connectivity index (χ0) is 8.27. The van der Waals surface area contributed by atoms with E-state index in [0.717, 1.165) is 5.56 Å². The minimum absolute atomic E-state index is 0.131. The highest BCUT2D eigenvalue weighted by Crippen LogP contribution is 2.21. The van der Waals surface area contributed by atoms with Crippen molar-refractivity contribution in [2.75, 3.05) is 6.54 Å². The molecule has 0 fully saturated rings. The number of alkyl halides is 1. The van der Waals surface area contributed by atoms with Crippen LogP contribution in [-0.2, 0) is 0 Å². The molecule has 1 rings (SSSR count). The summed E-state index contributed by atoms with van der Waals surface area (Å²) in [5.74, 6) is 0. The number of hydrogen-bond acceptors (Lipinski definition) is 1. The molecule has 0 saturated carbocycles. The molecule has 0 amide bonds. The molecule has 0 aliphatic carbocycles. The molecule has 0 aromatic heterocycles. The van der Waals surface area contributed by atoms with Crippen LogP contribution in [0.15, 0.2) is 24.3 Å². The first kappa shape index (κ1) is 8.85. The minimum Gasteiger partial charge on any atom is -0.329 e. The fourth-order valence-corrected chi connectivity index (χ4v) is 1.17. The van der Waals surface area contributed by atoms with Crippen molar-refractivity contribution in [3.8, 4) is 0 Å². The van der Waals surface area contributed by atoms with Crippen LogP contribution in [0, 0.1) is 0 Å². The Kier molecular flexibility index (Phi) is 3.18. The lowest BCUT2D eigenvalue weighted by molar-refractivity contribution is 0.931. The van der Waals surface area contributed by atoms with Crippen LogP contribution in [-0.4, -0.2) is 6.54 Å². The van der Waals surface area contributed by atoms with Gasteiger partial charge >= 0.3 is 0 Å². The van der Waals surface area contributed by atoms with Gasteiger partial charge in [0.15, 0.2) is 0 Å². The Hall–Kier alpha value is -0.240. The van der Waals surface area contributed by atoms with Crippen LogP contribution in [0.5, 0.6) is 0 Å². The molecular formula is C8H9Cl2N. The molecule has 1 atom stereocenters. The van der Waals surface area contributed by atoms with Crippen LogP contribution in [0.3, 0.4) is 0 Å². The van der Waals surface area contributed by atoms with Gasteiger partial charge < -0.3 is 5.73 Å². The maximum Gasteiger partial charge on any atom is 0.0708 e. The molecule has 0 heterocycles. The number of hydrogen-bond donors (Lipinski definition) is 1. The molecule has 1 nitrogen and oxygen atoms in total. The standard InChI is InChI=1S/C8H9Cl2N/c9-7-3-1-2-6(4-7)8(10)5-11/h1-4,8H,5,11H2/t8-/m0/s1. The summed E-state index contributed by atoms with van der Waals surface area (Å²) in [5.41, 5.74) is 6.35. The third-order valence-corrected chi connectivity index (χ3v) is 2.08. The van der Waals surface area contributed by atoms with Gasteiger partial charge in [-0.05, 0) is 17.7 Å². The van der Waals surface area contributed by atoms with Gasteiger partial charge in [0.1, 0.15) is 0 Å². The van der Waals surface area contributed by atoms with Gasteiger partial charge in [0, 0.05) is 11.6 Å². The van der Waals surface area contributed by atoms with E-state index >= 15 is 0 Å². The number of rotatable bonds is 2. The summed E-state index contributed by atoms with van der Waals surface area (Å²) in [7, 11) is 0. The van der Waals surface area contributed by atoms with Crippen molar-refractivity contribution in [2.45, 2.75) is 5.38 Å². The Morgan fingerprint density at radius 3 is 2.73 bits per heavy atom. The fourth-order valence-electron chi connectivity index (χ4n) is 0.838. The van der Waals surface area contributed by atoms with E-state index in [1.54, 1.807) is 0 Å². The monoisotopic (exact) mass is 189 g/mol. The van der Waals surface area contributed by atoms with Crippen LogP contribution in [0.4, 0.5) is 0 Å². The van der Waals surface area contributed by atoms with E-state index in [1.165, 1.54) is 0 Å². The third-order valence-electron chi connectivity index (χ3n) is 1.42. The van der Waals surface area contributed by atoms with Crippen molar-refractivity contribution in [1.82, 2.24) is 0 Å². The Bertz CT molecular complexity index is 237. The van der Waals surface area contributed by atoms with E-state index in [-0.39, 0.29) is 5.38 Å². The van der Waals surface area contributed by atoms with E-state index in [2.05, 4.69) is 0 Å². The maximum atomic E-state index is 5.88. The lowest BCUT2D eigenvalue weighted by Gasteiger charge is -2.05. The Balaban J connectivity index is 2.86. The average molecular weight is 190 g/mol. The Morgan fingerprint density at radius 1 is 1.45 bits per heavy atom. The first-order valence-electron chi connectivity index (χ1n) is 3.33. The first-order valence-corrected chi connectivity index (χ1v) is 4.15. The number of halogens is 2. The van der Waals surface area contributed by atoms with Crippen molar-refractivity contribution >= 4 is 23.2 Å². The SMILES string of the molecule is NC[C@H](Cl)c1cccc(Cl)c1. The van der Waals surface area contributed by atoms with E-state index in [9.17, 15) is 0 Å². The second-order valence-electron chi connectivity index (χ2n) is 2.26. The van der Waals surface area contributed by atoms with Crippen molar-refractivity contribution in [3.63, 3.8) is 0 Å². The molecule has 2 N–H and O–H groups in total. The minimum atomic E-state index is -0.131. The average Bonchev–Trinajstić information content (AvgIpc) is 2.03. The van der Waals surface area contributed by atoms with Gasteiger partial charge in [-0.3, -0.25) is 0 Å². The molecule has 0 spiro atoms. The largest absolute Gasteiger partial charge is 0.329 e. The molecule has 0 saturated heterocycles. The van der Waals surface area contributed by atoms with Crippen LogP contribution in [0.1, 0.15) is 10.9 Å². The quantitative estimate of drug-likeness (QED) is 0.712. The lowest BCUT2D eigenvalue weighted by atomic mass is 10.1. The van der Waals surface area contributed by atoms with Crippen LogP contribution >= 0.6 is 23.2 Å². The molecule has 1 aromatic rings. The molecule has 60 valence electrons. The number of nitrogens with two attached hydrogens (primary N) is 1. The lowest BCUT2D eigenvalue weighted by Crippen LogP contribution is -2.06. The summed E-state index contributed by atoms with van der Waals surface area (Å²) in [6, 6.07) is 7.41. The van der Waals surface area contributed by atoms with Gasteiger partial charge in [0.25, 0.3) is 0 Å². The Morgan fingerprint density at radius 2 is 2.18 bits per heavy atom. The van der Waals surface area contributed by atoms with Crippen molar-refractivity contribution < 1.29 is 0 Å². The van der Waals surface area contributed by atoms with E-state index < -0.39 is 0 Å². The zero-order valence-corrected chi connectivity index (χ0v) is 7.44. The van der Waals surface area contributed by atoms with E-state index in [4.69, 9.17) is 28.9 Å². The summed E-state index contributed by atoms with van der Waals surface area (Å²) in [6.45, 7) is 0.432.